The first kappa shape index (κ1) is 23.4. The molecule has 0 saturated carbocycles. The lowest BCUT2D eigenvalue weighted by Gasteiger charge is -2.43. The number of nitrogen functional groups attached to an aromatic ring is 1. The number of aromatic hydroxyl groups is 1. The smallest absolute Gasteiger partial charge is 0.408 e. The largest absolute Gasteiger partial charge is 0.507 e. The van der Waals surface area contributed by atoms with Gasteiger partial charge in [-0.3, -0.25) is 0 Å². The molecule has 1 aromatic heterocycles. The topological polar surface area (TPSA) is 114 Å². The quantitative estimate of drug-likeness (QED) is 0.526. The summed E-state index contributed by atoms with van der Waals surface area (Å²) < 4.78 is 5.57. The number of hydrogen-bond donors (Lipinski definition) is 3. The number of phenolic OH excluding ortho intramolecular Hbond substituents is 1. The number of anilines is 2. The van der Waals surface area contributed by atoms with Gasteiger partial charge in [-0.2, -0.15) is 0 Å². The van der Waals surface area contributed by atoms with E-state index >= 15 is 0 Å². The minimum atomic E-state index is -0.584. The van der Waals surface area contributed by atoms with Crippen LogP contribution in [0, 0.1) is 0 Å². The summed E-state index contributed by atoms with van der Waals surface area (Å²) in [6.07, 6.45) is 0.880. The molecule has 4 rings (SSSR count). The summed E-state index contributed by atoms with van der Waals surface area (Å²) in [5.41, 5.74) is 7.99. The zero-order valence-electron chi connectivity index (χ0n) is 19.8. The summed E-state index contributed by atoms with van der Waals surface area (Å²) in [5.74, 6) is 0.460. The van der Waals surface area contributed by atoms with Crippen LogP contribution in [0.2, 0.25) is 0 Å². The van der Waals surface area contributed by atoms with Gasteiger partial charge in [0.1, 0.15) is 11.4 Å². The van der Waals surface area contributed by atoms with Gasteiger partial charge < -0.3 is 25.8 Å². The number of para-hydroxylation sites is 1. The highest BCUT2D eigenvalue weighted by molar-refractivity contribution is 5.74. The van der Waals surface area contributed by atoms with Crippen LogP contribution in [0.15, 0.2) is 60.7 Å². The average molecular weight is 462 g/mol. The number of amides is 1. The second-order valence-corrected chi connectivity index (χ2v) is 9.58. The van der Waals surface area contributed by atoms with Gasteiger partial charge in [0.05, 0.1) is 16.9 Å². The number of nitrogens with two attached hydrogens (primary N) is 1. The van der Waals surface area contributed by atoms with Crippen LogP contribution < -0.4 is 16.0 Å². The van der Waals surface area contributed by atoms with Crippen molar-refractivity contribution in [3.63, 3.8) is 0 Å². The Labute approximate surface area is 199 Å². The first-order chi connectivity index (χ1) is 16.2. The van der Waals surface area contributed by atoms with Crippen molar-refractivity contribution in [3.8, 4) is 17.0 Å². The molecule has 1 amide bonds. The van der Waals surface area contributed by atoms with E-state index in [0.29, 0.717) is 43.0 Å². The molecular formula is C26H31N5O3. The normalized spacial score (nSPS) is 15.6. The summed E-state index contributed by atoms with van der Waals surface area (Å²) in [5, 5.41) is 21.7. The number of nitrogens with one attached hydrogen (secondary N) is 1. The molecule has 0 bridgehead atoms. The Morgan fingerprint density at radius 2 is 1.71 bits per heavy atom. The van der Waals surface area contributed by atoms with E-state index in [-0.39, 0.29) is 5.75 Å². The van der Waals surface area contributed by atoms with Crippen molar-refractivity contribution in [2.75, 3.05) is 23.7 Å². The maximum atomic E-state index is 12.7. The lowest BCUT2D eigenvalue weighted by Crippen LogP contribution is -2.54. The van der Waals surface area contributed by atoms with Crippen LogP contribution in [-0.4, -0.2) is 40.1 Å². The first-order valence-electron chi connectivity index (χ1n) is 11.4. The van der Waals surface area contributed by atoms with Crippen LogP contribution in [0.4, 0.5) is 16.3 Å². The molecule has 2 heterocycles. The molecule has 2 aromatic carbocycles. The third-order valence-electron chi connectivity index (χ3n) is 6.01. The zero-order valence-corrected chi connectivity index (χ0v) is 19.8. The first-order valence-corrected chi connectivity index (χ1v) is 11.4. The number of rotatable bonds is 4. The Balaban J connectivity index is 1.59. The van der Waals surface area contributed by atoms with Crippen molar-refractivity contribution in [3.05, 3.63) is 66.2 Å². The lowest BCUT2D eigenvalue weighted by atomic mass is 9.80. The van der Waals surface area contributed by atoms with E-state index in [4.69, 9.17) is 10.5 Å². The average Bonchev–Trinajstić information content (AvgIpc) is 2.80. The molecule has 0 spiro atoms. The number of carbonyl (C=O) groups excluding carboxylic acids is 1. The second-order valence-electron chi connectivity index (χ2n) is 9.58. The van der Waals surface area contributed by atoms with Crippen molar-refractivity contribution >= 4 is 17.6 Å². The lowest BCUT2D eigenvalue weighted by molar-refractivity contribution is 0.0431. The zero-order chi connectivity index (χ0) is 24.3. The molecule has 0 aliphatic carbocycles. The number of aromatic nitrogens is 2. The number of carbonyl (C=O) groups is 1. The molecule has 0 radical (unpaired) electrons. The molecular weight excluding hydrogens is 430 g/mol. The van der Waals surface area contributed by atoms with Crippen LogP contribution in [-0.2, 0) is 10.3 Å². The molecule has 0 atom stereocenters. The van der Waals surface area contributed by atoms with Crippen molar-refractivity contribution in [2.45, 2.75) is 44.8 Å². The highest BCUT2D eigenvalue weighted by atomic mass is 16.6. The summed E-state index contributed by atoms with van der Waals surface area (Å²) in [6.45, 7) is 6.84. The monoisotopic (exact) mass is 461 g/mol. The number of benzene rings is 2. The number of ether oxygens (including phenoxy) is 1. The van der Waals surface area contributed by atoms with Crippen molar-refractivity contribution in [1.82, 2.24) is 15.5 Å². The third-order valence-corrected chi connectivity index (χ3v) is 6.01. The molecule has 8 nitrogen and oxygen atoms in total. The van der Waals surface area contributed by atoms with Gasteiger partial charge in [0, 0.05) is 18.7 Å². The van der Waals surface area contributed by atoms with Crippen molar-refractivity contribution in [1.29, 1.82) is 0 Å². The number of alkyl carbamates (subject to hydrolysis) is 1. The Morgan fingerprint density at radius 3 is 2.35 bits per heavy atom. The molecule has 4 N–H and O–H groups in total. The van der Waals surface area contributed by atoms with E-state index in [9.17, 15) is 9.90 Å². The van der Waals surface area contributed by atoms with Gasteiger partial charge in [-0.05, 0) is 57.4 Å². The maximum Gasteiger partial charge on any atom is 0.408 e. The predicted molar refractivity (Wildman–Crippen MR) is 132 cm³/mol. The van der Waals surface area contributed by atoms with Crippen LogP contribution in [0.5, 0.6) is 5.75 Å². The van der Waals surface area contributed by atoms with E-state index in [0.717, 1.165) is 11.3 Å². The van der Waals surface area contributed by atoms with Gasteiger partial charge in [0.2, 0.25) is 0 Å². The van der Waals surface area contributed by atoms with Crippen molar-refractivity contribution in [2.24, 2.45) is 0 Å². The second kappa shape index (κ2) is 9.21. The van der Waals surface area contributed by atoms with Crippen LogP contribution in [0.25, 0.3) is 11.3 Å². The maximum absolute atomic E-state index is 12.7. The molecule has 8 heteroatoms. The molecule has 0 unspecified atom stereocenters. The van der Waals surface area contributed by atoms with Gasteiger partial charge in [0.25, 0.3) is 0 Å². The fourth-order valence-electron chi connectivity index (χ4n) is 4.34. The fourth-order valence-corrected chi connectivity index (χ4v) is 4.34. The van der Waals surface area contributed by atoms with E-state index < -0.39 is 17.2 Å². The van der Waals surface area contributed by atoms with Gasteiger partial charge in [0.15, 0.2) is 5.82 Å². The Morgan fingerprint density at radius 1 is 1.06 bits per heavy atom. The molecule has 1 aliphatic heterocycles. The van der Waals surface area contributed by atoms with E-state index in [1.54, 1.807) is 18.2 Å². The SMILES string of the molecule is CC(C)(C)OC(=O)NC1(c2ccccc2)CCN(c2cc(-c3ccccc3O)nnc2N)CC1. The summed E-state index contributed by atoms with van der Waals surface area (Å²) in [6, 6.07) is 18.8. The molecule has 1 aliphatic rings. The van der Waals surface area contributed by atoms with Gasteiger partial charge in [-0.1, -0.05) is 42.5 Å². The molecule has 1 fully saturated rings. The third kappa shape index (κ3) is 5.06. The summed E-state index contributed by atoms with van der Waals surface area (Å²) >= 11 is 0. The molecule has 178 valence electrons. The fraction of sp³-hybridized carbons (Fsp3) is 0.346. The van der Waals surface area contributed by atoms with Gasteiger partial charge in [-0.15, -0.1) is 10.2 Å². The van der Waals surface area contributed by atoms with Crippen LogP contribution >= 0.6 is 0 Å². The van der Waals surface area contributed by atoms with E-state index in [1.165, 1.54) is 0 Å². The highest BCUT2D eigenvalue weighted by Crippen LogP contribution is 2.37. The van der Waals surface area contributed by atoms with E-state index in [2.05, 4.69) is 20.4 Å². The van der Waals surface area contributed by atoms with Crippen LogP contribution in [0.1, 0.15) is 39.2 Å². The minimum absolute atomic E-state index is 0.135. The minimum Gasteiger partial charge on any atom is -0.507 e. The standard InChI is InChI=1S/C26H31N5O3/c1-25(2,3)34-24(33)28-26(18-9-5-4-6-10-18)13-15-31(16-14-26)21-17-20(29-30-23(21)27)19-11-7-8-12-22(19)32/h4-12,17,32H,13-16H2,1-3H3,(H2,27,30)(H,28,33). The molecule has 34 heavy (non-hydrogen) atoms. The predicted octanol–water partition coefficient (Wildman–Crippen LogP) is 4.45. The van der Waals surface area contributed by atoms with Gasteiger partial charge >= 0.3 is 6.09 Å². The molecule has 3 aromatic rings. The molecule has 1 saturated heterocycles. The number of phenols is 1. The van der Waals surface area contributed by atoms with Crippen molar-refractivity contribution < 1.29 is 14.6 Å². The van der Waals surface area contributed by atoms with E-state index in [1.807, 2.05) is 63.2 Å². The van der Waals surface area contributed by atoms with Crippen LogP contribution in [0.3, 0.4) is 0 Å². The Bertz CT molecular complexity index is 1150. The van der Waals surface area contributed by atoms with Gasteiger partial charge in [-0.25, -0.2) is 4.79 Å². The Hall–Kier alpha value is -3.81. The number of piperidine rings is 1. The highest BCUT2D eigenvalue weighted by Gasteiger charge is 2.39. The number of hydrogen-bond acceptors (Lipinski definition) is 7. The summed E-state index contributed by atoms with van der Waals surface area (Å²) in [7, 11) is 0. The number of nitrogens with zero attached hydrogens (tertiary/aromatic N) is 3. The summed E-state index contributed by atoms with van der Waals surface area (Å²) in [4.78, 5) is 14.9. The Kier molecular flexibility index (Phi) is 6.32.